The van der Waals surface area contributed by atoms with Gasteiger partial charge in [-0.1, -0.05) is 29.8 Å². The second-order valence-corrected chi connectivity index (χ2v) is 13.2. The van der Waals surface area contributed by atoms with Gasteiger partial charge in [0.2, 0.25) is 12.2 Å². The highest BCUT2D eigenvalue weighted by Gasteiger charge is 2.53. The van der Waals surface area contributed by atoms with Crippen molar-refractivity contribution in [2.75, 3.05) is 6.79 Å². The summed E-state index contributed by atoms with van der Waals surface area (Å²) in [5, 5.41) is 63.6. The first-order chi connectivity index (χ1) is 23.2. The number of carbonyl (C=O) groups excluding carboxylic acids is 1. The maximum atomic E-state index is 13.0. The monoisotopic (exact) mass is 730 g/mol. The van der Waals surface area contributed by atoms with E-state index in [4.69, 9.17) is 45.2 Å². The number of benzene rings is 2. The molecular formula is C30H36ClN2O15P. The van der Waals surface area contributed by atoms with E-state index in [1.807, 2.05) is 0 Å². The molecule has 17 nitrogen and oxygen atoms in total. The molecule has 9 N–H and O–H groups in total. The molecular weight excluding hydrogens is 695 g/mol. The minimum Gasteiger partial charge on any atom is -0.458 e. The zero-order valence-corrected chi connectivity index (χ0v) is 27.3. The lowest BCUT2D eigenvalue weighted by Gasteiger charge is -2.41. The van der Waals surface area contributed by atoms with Crippen molar-refractivity contribution in [3.63, 3.8) is 0 Å². The SMILES string of the molecule is C/C(=C\c1ccc(OC2OC(C(C=N)OCc3cccc(Cl)c3)C(O)C2O)c(OP(=O)(O)O)c1)C(=O)NC1C(O)C(O)C2OCOC2C1O. The molecule has 1 aliphatic carbocycles. The predicted molar refractivity (Wildman–Crippen MR) is 167 cm³/mol. The van der Waals surface area contributed by atoms with Gasteiger partial charge in [-0.3, -0.25) is 14.6 Å². The first-order valence-electron chi connectivity index (χ1n) is 14.9. The molecule has 0 spiro atoms. The third-order valence-electron chi connectivity index (χ3n) is 8.15. The van der Waals surface area contributed by atoms with Crippen molar-refractivity contribution in [1.29, 1.82) is 5.41 Å². The van der Waals surface area contributed by atoms with Crippen LogP contribution in [0.15, 0.2) is 48.0 Å². The highest BCUT2D eigenvalue weighted by molar-refractivity contribution is 7.46. The van der Waals surface area contributed by atoms with Gasteiger partial charge in [0.05, 0.1) is 12.6 Å². The van der Waals surface area contributed by atoms with E-state index in [1.54, 1.807) is 24.3 Å². The lowest BCUT2D eigenvalue weighted by Crippen LogP contribution is -2.67. The van der Waals surface area contributed by atoms with Gasteiger partial charge >= 0.3 is 7.82 Å². The van der Waals surface area contributed by atoms with E-state index in [2.05, 4.69) is 5.32 Å². The van der Waals surface area contributed by atoms with E-state index < -0.39 is 86.7 Å². The molecule has 1 saturated carbocycles. The number of rotatable bonds is 12. The van der Waals surface area contributed by atoms with E-state index in [9.17, 15) is 44.7 Å². The summed E-state index contributed by atoms with van der Waals surface area (Å²) in [6.45, 7) is 1.18. The summed E-state index contributed by atoms with van der Waals surface area (Å²) < 4.78 is 44.1. The predicted octanol–water partition coefficient (Wildman–Crippen LogP) is -0.402. The van der Waals surface area contributed by atoms with Crippen LogP contribution < -0.4 is 14.6 Å². The van der Waals surface area contributed by atoms with E-state index in [0.29, 0.717) is 10.6 Å². The Balaban J connectivity index is 1.29. The van der Waals surface area contributed by atoms with Crippen LogP contribution >= 0.6 is 19.4 Å². The standard InChI is InChI=1S/C30H36ClN2O15P/c1-13(29(39)33-20-21(34)23(36)28-27(22(20)35)44-12-45-28)7-14-5-6-17(18(9-14)48-49(40,41)42)46-30-25(38)24(37)26(47-30)19(10-32)43-11-15-3-2-4-16(31)8-15/h2-10,19-28,30,32,34-38H,11-12H2,1H3,(H,33,39)(H2,40,41,42)/b13-7+,32-10?. The minimum atomic E-state index is -5.18. The van der Waals surface area contributed by atoms with Gasteiger partial charge in [-0.15, -0.1) is 0 Å². The van der Waals surface area contributed by atoms with Crippen molar-refractivity contribution in [1.82, 2.24) is 5.32 Å². The number of phosphoric acid groups is 1. The van der Waals surface area contributed by atoms with Gasteiger partial charge in [0.15, 0.2) is 11.5 Å². The molecule has 0 radical (unpaired) electrons. The third-order valence-corrected chi connectivity index (χ3v) is 8.82. The Morgan fingerprint density at radius 1 is 1.02 bits per heavy atom. The van der Waals surface area contributed by atoms with Crippen LogP contribution in [0.5, 0.6) is 11.5 Å². The van der Waals surface area contributed by atoms with Crippen LogP contribution in [0.1, 0.15) is 18.1 Å². The van der Waals surface area contributed by atoms with Gasteiger partial charge in [0.25, 0.3) is 0 Å². The average Bonchev–Trinajstić information content (AvgIpc) is 3.64. The summed E-state index contributed by atoms with van der Waals surface area (Å²) >= 11 is 6.00. The molecule has 2 aromatic carbocycles. The molecule has 0 aromatic heterocycles. The quantitative estimate of drug-likeness (QED) is 0.0764. The molecule has 1 amide bonds. The number of hydrogen-bond donors (Lipinski definition) is 9. The van der Waals surface area contributed by atoms with Gasteiger partial charge in [0, 0.05) is 16.8 Å². The molecule has 5 rings (SSSR count). The Hall–Kier alpha value is -3.00. The van der Waals surface area contributed by atoms with E-state index >= 15 is 0 Å². The molecule has 268 valence electrons. The lowest BCUT2D eigenvalue weighted by molar-refractivity contribution is -0.155. The zero-order valence-electron chi connectivity index (χ0n) is 25.7. The van der Waals surface area contributed by atoms with Gasteiger partial charge in [0.1, 0.15) is 61.7 Å². The van der Waals surface area contributed by atoms with Crippen molar-refractivity contribution in [2.45, 2.75) is 80.8 Å². The molecule has 2 aromatic rings. The number of ether oxygens (including phenoxy) is 5. The molecule has 2 saturated heterocycles. The molecule has 19 heteroatoms. The van der Waals surface area contributed by atoms with Crippen LogP contribution in [0, 0.1) is 5.41 Å². The number of aliphatic hydroxyl groups excluding tert-OH is 5. The molecule has 3 fully saturated rings. The van der Waals surface area contributed by atoms with Crippen molar-refractivity contribution >= 4 is 37.6 Å². The Morgan fingerprint density at radius 2 is 1.73 bits per heavy atom. The van der Waals surface area contributed by atoms with E-state index in [-0.39, 0.29) is 30.3 Å². The fourth-order valence-corrected chi connectivity index (χ4v) is 6.28. The van der Waals surface area contributed by atoms with Crippen LogP contribution in [-0.2, 0) is 34.9 Å². The van der Waals surface area contributed by atoms with Crippen LogP contribution in [0.4, 0.5) is 0 Å². The number of nitrogens with one attached hydrogen (secondary N) is 2. The van der Waals surface area contributed by atoms with E-state index in [0.717, 1.165) is 12.3 Å². The second kappa shape index (κ2) is 15.5. The normalized spacial score (nSPS) is 32.3. The fraction of sp³-hybridized carbons (Fsp3) is 0.467. The first-order valence-corrected chi connectivity index (χ1v) is 16.8. The number of halogens is 1. The Kier molecular flexibility index (Phi) is 11.8. The number of phosphoric ester groups is 1. The Morgan fingerprint density at radius 3 is 2.41 bits per heavy atom. The fourth-order valence-electron chi connectivity index (χ4n) is 5.67. The van der Waals surface area contributed by atoms with Crippen molar-refractivity contribution in [3.05, 3.63) is 64.2 Å². The summed E-state index contributed by atoms with van der Waals surface area (Å²) in [7, 11) is -5.18. The zero-order chi connectivity index (χ0) is 35.6. The Labute approximate surface area is 284 Å². The molecule has 49 heavy (non-hydrogen) atoms. The number of fused-ring (bicyclic) bond motifs is 1. The van der Waals surface area contributed by atoms with Crippen molar-refractivity contribution in [3.8, 4) is 11.5 Å². The van der Waals surface area contributed by atoms with E-state index in [1.165, 1.54) is 25.1 Å². The number of amides is 1. The van der Waals surface area contributed by atoms with Crippen molar-refractivity contribution in [2.24, 2.45) is 0 Å². The topological polar surface area (TPSA) is 267 Å². The average molecular weight is 731 g/mol. The van der Waals surface area contributed by atoms with Gasteiger partial charge in [-0.2, -0.15) is 0 Å². The number of carbonyl (C=O) groups is 1. The molecule has 11 unspecified atom stereocenters. The second-order valence-electron chi connectivity index (χ2n) is 11.6. The summed E-state index contributed by atoms with van der Waals surface area (Å²) in [4.78, 5) is 32.1. The molecule has 0 bridgehead atoms. The molecule has 2 heterocycles. The van der Waals surface area contributed by atoms with Crippen LogP contribution in [0.25, 0.3) is 6.08 Å². The number of hydrogen-bond acceptors (Lipinski definition) is 14. The first kappa shape index (κ1) is 37.3. The summed E-state index contributed by atoms with van der Waals surface area (Å²) in [6, 6.07) is 9.17. The highest BCUT2D eigenvalue weighted by Crippen LogP contribution is 2.43. The maximum absolute atomic E-state index is 13.0. The van der Waals surface area contributed by atoms with Crippen LogP contribution in [0.3, 0.4) is 0 Å². The molecule has 11 atom stereocenters. The smallest absolute Gasteiger partial charge is 0.458 e. The maximum Gasteiger partial charge on any atom is 0.524 e. The molecule has 3 aliphatic rings. The van der Waals surface area contributed by atoms with Crippen molar-refractivity contribution < 1.29 is 72.9 Å². The van der Waals surface area contributed by atoms with Gasteiger partial charge in [-0.05, 0) is 48.4 Å². The summed E-state index contributed by atoms with van der Waals surface area (Å²) in [5.74, 6) is -1.59. The summed E-state index contributed by atoms with van der Waals surface area (Å²) in [5.41, 5.74) is 0.882. The van der Waals surface area contributed by atoms with Gasteiger partial charge in [-0.25, -0.2) is 4.57 Å². The number of aliphatic hydroxyl groups is 5. The lowest BCUT2D eigenvalue weighted by atomic mass is 9.83. The van der Waals surface area contributed by atoms with Crippen LogP contribution in [0.2, 0.25) is 5.02 Å². The van der Waals surface area contributed by atoms with Gasteiger partial charge < -0.3 is 64.5 Å². The minimum absolute atomic E-state index is 0.00434. The van der Waals surface area contributed by atoms with Crippen LogP contribution in [-0.4, -0.2) is 122 Å². The summed E-state index contributed by atoms with van der Waals surface area (Å²) in [6.07, 6.45) is -11.5. The third kappa shape index (κ3) is 8.66. The largest absolute Gasteiger partial charge is 0.524 e. The Bertz CT molecular complexity index is 1590. The molecule has 2 aliphatic heterocycles. The highest BCUT2D eigenvalue weighted by atomic mass is 35.5.